The summed E-state index contributed by atoms with van der Waals surface area (Å²) in [6, 6.07) is 2.56. The number of ether oxygens (including phenoxy) is 1. The molecule has 4 heterocycles. The number of urea groups is 1. The molecule has 7 heteroatoms. The molecule has 2 unspecified atom stereocenters. The summed E-state index contributed by atoms with van der Waals surface area (Å²) in [5.74, 6) is 2.82. The van der Waals surface area contributed by atoms with Gasteiger partial charge in [0.05, 0.1) is 0 Å². The van der Waals surface area contributed by atoms with Gasteiger partial charge in [-0.05, 0) is 25.7 Å². The number of fused-ring (bicyclic) bond motifs is 1. The summed E-state index contributed by atoms with van der Waals surface area (Å²) in [6.07, 6.45) is 6.09. The van der Waals surface area contributed by atoms with Crippen LogP contribution < -0.4 is 10.2 Å². The fraction of sp³-hybridized carbons (Fsp3) is 0.737. The lowest BCUT2D eigenvalue weighted by molar-refractivity contribution is 0.0784. The van der Waals surface area contributed by atoms with Crippen LogP contribution in [-0.2, 0) is 4.74 Å². The van der Waals surface area contributed by atoms with Crippen molar-refractivity contribution in [3.8, 4) is 0 Å². The van der Waals surface area contributed by atoms with E-state index < -0.39 is 0 Å². The Balaban J connectivity index is 1.17. The molecule has 7 nitrogen and oxygen atoms in total. The van der Waals surface area contributed by atoms with E-state index in [1.54, 1.807) is 6.33 Å². The minimum absolute atomic E-state index is 0.107. The van der Waals surface area contributed by atoms with Gasteiger partial charge in [-0.15, -0.1) is 0 Å². The summed E-state index contributed by atoms with van der Waals surface area (Å²) in [5.41, 5.74) is 1.20. The van der Waals surface area contributed by atoms with Gasteiger partial charge in [-0.3, -0.25) is 0 Å². The summed E-state index contributed by atoms with van der Waals surface area (Å²) in [6.45, 7) is 5.22. The Labute approximate surface area is 154 Å². The van der Waals surface area contributed by atoms with Crippen LogP contribution in [0.25, 0.3) is 0 Å². The van der Waals surface area contributed by atoms with Crippen LogP contribution >= 0.6 is 0 Å². The van der Waals surface area contributed by atoms with Crippen molar-refractivity contribution in [2.75, 3.05) is 44.3 Å². The molecule has 2 atom stereocenters. The smallest absolute Gasteiger partial charge is 0.317 e. The maximum Gasteiger partial charge on any atom is 0.317 e. The largest absolute Gasteiger partial charge is 0.381 e. The first-order valence-corrected chi connectivity index (χ1v) is 9.96. The normalized spacial score (nSPS) is 29.1. The van der Waals surface area contributed by atoms with E-state index >= 15 is 0 Å². The summed E-state index contributed by atoms with van der Waals surface area (Å²) in [7, 11) is 0. The molecule has 140 valence electrons. The van der Waals surface area contributed by atoms with E-state index in [1.807, 2.05) is 4.90 Å². The van der Waals surface area contributed by atoms with Crippen molar-refractivity contribution < 1.29 is 9.53 Å². The van der Waals surface area contributed by atoms with Crippen LogP contribution in [0.1, 0.15) is 37.3 Å². The van der Waals surface area contributed by atoms with Crippen molar-refractivity contribution in [2.45, 2.75) is 37.6 Å². The van der Waals surface area contributed by atoms with E-state index in [2.05, 4.69) is 26.3 Å². The molecular weight excluding hydrogens is 330 g/mol. The molecule has 1 saturated carbocycles. The summed E-state index contributed by atoms with van der Waals surface area (Å²) in [5, 5.41) is 3.19. The van der Waals surface area contributed by atoms with Crippen LogP contribution in [0.15, 0.2) is 12.4 Å². The van der Waals surface area contributed by atoms with Crippen LogP contribution in [0.4, 0.5) is 10.6 Å². The first kappa shape index (κ1) is 16.3. The average molecular weight is 357 g/mol. The van der Waals surface area contributed by atoms with Crippen molar-refractivity contribution in [1.82, 2.24) is 20.2 Å². The van der Waals surface area contributed by atoms with Gasteiger partial charge in [0, 0.05) is 74.9 Å². The van der Waals surface area contributed by atoms with Crippen LogP contribution in [0.5, 0.6) is 0 Å². The van der Waals surface area contributed by atoms with Crippen LogP contribution in [-0.4, -0.2) is 66.3 Å². The molecule has 4 fully saturated rings. The number of likely N-dealkylation sites (tertiary alicyclic amines) is 1. The lowest BCUT2D eigenvalue weighted by atomic mass is 10.0. The topological polar surface area (TPSA) is 70.6 Å². The zero-order valence-corrected chi connectivity index (χ0v) is 15.1. The van der Waals surface area contributed by atoms with Crippen molar-refractivity contribution in [3.63, 3.8) is 0 Å². The Morgan fingerprint density at radius 1 is 1.04 bits per heavy atom. The first-order valence-electron chi connectivity index (χ1n) is 9.96. The molecule has 0 spiro atoms. The quantitative estimate of drug-likeness (QED) is 0.890. The first-order chi connectivity index (χ1) is 12.8. The molecule has 0 bridgehead atoms. The lowest BCUT2D eigenvalue weighted by Gasteiger charge is -2.27. The Bertz CT molecular complexity index is 660. The Morgan fingerprint density at radius 2 is 1.77 bits per heavy atom. The second kappa shape index (κ2) is 6.68. The number of hydrogen-bond acceptors (Lipinski definition) is 5. The van der Waals surface area contributed by atoms with Gasteiger partial charge in [0.25, 0.3) is 0 Å². The van der Waals surface area contributed by atoms with Gasteiger partial charge in [0.2, 0.25) is 0 Å². The second-order valence-electron chi connectivity index (χ2n) is 8.24. The third-order valence-electron chi connectivity index (χ3n) is 6.32. The van der Waals surface area contributed by atoms with Crippen LogP contribution in [0.3, 0.4) is 0 Å². The monoisotopic (exact) mass is 357 g/mol. The van der Waals surface area contributed by atoms with E-state index in [0.717, 1.165) is 58.1 Å². The van der Waals surface area contributed by atoms with Gasteiger partial charge in [-0.1, -0.05) is 0 Å². The lowest BCUT2D eigenvalue weighted by Crippen LogP contribution is -2.46. The maximum atomic E-state index is 12.6. The Morgan fingerprint density at radius 3 is 2.46 bits per heavy atom. The summed E-state index contributed by atoms with van der Waals surface area (Å²) in [4.78, 5) is 25.9. The summed E-state index contributed by atoms with van der Waals surface area (Å²) < 4.78 is 5.37. The van der Waals surface area contributed by atoms with Crippen molar-refractivity contribution in [2.24, 2.45) is 11.8 Å². The van der Waals surface area contributed by atoms with Crippen LogP contribution in [0.2, 0.25) is 0 Å². The van der Waals surface area contributed by atoms with Crippen molar-refractivity contribution in [1.29, 1.82) is 0 Å². The third kappa shape index (κ3) is 3.24. The van der Waals surface area contributed by atoms with E-state index in [0.29, 0.717) is 17.8 Å². The van der Waals surface area contributed by atoms with Crippen LogP contribution in [0, 0.1) is 11.8 Å². The Kier molecular flexibility index (Phi) is 4.19. The highest BCUT2D eigenvalue weighted by Crippen LogP contribution is 2.40. The van der Waals surface area contributed by atoms with E-state index in [9.17, 15) is 4.79 Å². The van der Waals surface area contributed by atoms with E-state index in [4.69, 9.17) is 4.74 Å². The zero-order chi connectivity index (χ0) is 17.5. The number of carbonyl (C=O) groups is 1. The molecule has 1 aliphatic carbocycles. The standard InChI is InChI=1S/C19H27N5O2/c25-19(22-16-3-5-26-6-4-16)24-10-14-8-23(9-15(14)11-24)18-7-17(13-1-2-13)20-12-21-18/h7,12-16H,1-6,8-11H2,(H,22,25). The molecule has 3 aliphatic heterocycles. The molecule has 0 aromatic carbocycles. The van der Waals surface area contributed by atoms with Crippen molar-refractivity contribution in [3.05, 3.63) is 18.1 Å². The number of nitrogens with zero attached hydrogens (tertiary/aromatic N) is 4. The minimum atomic E-state index is 0.107. The van der Waals surface area contributed by atoms with Crippen molar-refractivity contribution >= 4 is 11.8 Å². The number of nitrogens with one attached hydrogen (secondary N) is 1. The SMILES string of the molecule is O=C(NC1CCOCC1)N1CC2CN(c3cc(C4CC4)ncn3)CC2C1. The highest BCUT2D eigenvalue weighted by atomic mass is 16.5. The number of anilines is 1. The molecule has 1 aromatic rings. The minimum Gasteiger partial charge on any atom is -0.381 e. The molecule has 5 rings (SSSR count). The van der Waals surface area contributed by atoms with Gasteiger partial charge in [0.15, 0.2) is 0 Å². The number of amides is 2. The number of aromatic nitrogens is 2. The van der Waals surface area contributed by atoms with Gasteiger partial charge in [-0.2, -0.15) is 0 Å². The van der Waals surface area contributed by atoms with Gasteiger partial charge >= 0.3 is 6.03 Å². The maximum absolute atomic E-state index is 12.6. The molecule has 4 aliphatic rings. The fourth-order valence-electron chi connectivity index (χ4n) is 4.59. The predicted octanol–water partition coefficient (Wildman–Crippen LogP) is 1.61. The van der Waals surface area contributed by atoms with Gasteiger partial charge in [-0.25, -0.2) is 14.8 Å². The molecule has 3 saturated heterocycles. The number of hydrogen-bond donors (Lipinski definition) is 1. The summed E-state index contributed by atoms with van der Waals surface area (Å²) >= 11 is 0. The third-order valence-corrected chi connectivity index (χ3v) is 6.32. The van der Waals surface area contributed by atoms with E-state index in [-0.39, 0.29) is 12.1 Å². The highest BCUT2D eigenvalue weighted by Gasteiger charge is 2.42. The second-order valence-corrected chi connectivity index (χ2v) is 8.24. The molecule has 2 amide bonds. The molecule has 26 heavy (non-hydrogen) atoms. The molecular formula is C19H27N5O2. The number of carbonyl (C=O) groups excluding carboxylic acids is 1. The molecule has 1 aromatic heterocycles. The highest BCUT2D eigenvalue weighted by molar-refractivity contribution is 5.75. The zero-order valence-electron chi connectivity index (χ0n) is 15.1. The molecule has 0 radical (unpaired) electrons. The average Bonchev–Trinajstić information content (AvgIpc) is 3.32. The molecule has 1 N–H and O–H groups in total. The van der Waals surface area contributed by atoms with Gasteiger partial charge < -0.3 is 19.9 Å². The fourth-order valence-corrected chi connectivity index (χ4v) is 4.59. The van der Waals surface area contributed by atoms with Gasteiger partial charge in [0.1, 0.15) is 12.1 Å². The Hall–Kier alpha value is -1.89. The van der Waals surface area contributed by atoms with E-state index in [1.165, 1.54) is 18.5 Å². The number of rotatable bonds is 3. The predicted molar refractivity (Wildman–Crippen MR) is 97.1 cm³/mol.